The molecule has 1 saturated heterocycles. The van der Waals surface area contributed by atoms with Crippen molar-refractivity contribution in [1.82, 2.24) is 4.90 Å². The fraction of sp³-hybridized carbons (Fsp3) is 0.400. The maximum absolute atomic E-state index is 13.2. The molecule has 2 aromatic rings. The largest absolute Gasteiger partial charge is 0.491 e. The first-order valence-corrected chi connectivity index (χ1v) is 8.71. The molecule has 26 heavy (non-hydrogen) atoms. The van der Waals surface area contributed by atoms with Crippen LogP contribution in [0.3, 0.4) is 0 Å². The van der Waals surface area contributed by atoms with Crippen LogP contribution in [0.25, 0.3) is 0 Å². The van der Waals surface area contributed by atoms with E-state index in [1.807, 2.05) is 31.2 Å². The first-order chi connectivity index (χ1) is 12.5. The standard InChI is InChI=1S/C20H23F2NO3/c1-14-3-2-4-16(9-14)25-13-15(24)11-23-8-7-18(12-23)26-17-5-6-19(21)20(22)10-17/h2-6,9-10,15,18,24H,7-8,11-13H2,1H3. The Kier molecular flexibility index (Phi) is 6.06. The molecule has 4 nitrogen and oxygen atoms in total. The van der Waals surface area contributed by atoms with Gasteiger partial charge in [0.1, 0.15) is 30.3 Å². The van der Waals surface area contributed by atoms with Crippen LogP contribution in [-0.4, -0.2) is 48.5 Å². The molecule has 1 heterocycles. The predicted molar refractivity (Wildman–Crippen MR) is 94.5 cm³/mol. The summed E-state index contributed by atoms with van der Waals surface area (Å²) < 4.78 is 37.5. The molecule has 140 valence electrons. The smallest absolute Gasteiger partial charge is 0.162 e. The van der Waals surface area contributed by atoms with Crippen LogP contribution < -0.4 is 9.47 Å². The van der Waals surface area contributed by atoms with Gasteiger partial charge in [-0.15, -0.1) is 0 Å². The van der Waals surface area contributed by atoms with Crippen LogP contribution in [0.15, 0.2) is 42.5 Å². The second-order valence-corrected chi connectivity index (χ2v) is 6.65. The van der Waals surface area contributed by atoms with Crippen molar-refractivity contribution in [3.63, 3.8) is 0 Å². The summed E-state index contributed by atoms with van der Waals surface area (Å²) in [6, 6.07) is 11.2. The number of likely N-dealkylation sites (tertiary alicyclic amines) is 1. The van der Waals surface area contributed by atoms with Gasteiger partial charge in [0.15, 0.2) is 11.6 Å². The average molecular weight is 363 g/mol. The van der Waals surface area contributed by atoms with Gasteiger partial charge in [-0.3, -0.25) is 4.90 Å². The lowest BCUT2D eigenvalue weighted by atomic mass is 10.2. The lowest BCUT2D eigenvalue weighted by molar-refractivity contribution is 0.0719. The van der Waals surface area contributed by atoms with Crippen molar-refractivity contribution < 1.29 is 23.4 Å². The van der Waals surface area contributed by atoms with E-state index in [4.69, 9.17) is 9.47 Å². The number of hydrogen-bond acceptors (Lipinski definition) is 4. The Balaban J connectivity index is 1.42. The SMILES string of the molecule is Cc1cccc(OCC(O)CN2CCC(Oc3ccc(F)c(F)c3)C2)c1. The van der Waals surface area contributed by atoms with Gasteiger partial charge in [0.2, 0.25) is 0 Å². The molecule has 3 rings (SSSR count). The van der Waals surface area contributed by atoms with Crippen LogP contribution in [0.1, 0.15) is 12.0 Å². The van der Waals surface area contributed by atoms with Gasteiger partial charge in [0, 0.05) is 25.7 Å². The monoisotopic (exact) mass is 363 g/mol. The highest BCUT2D eigenvalue weighted by Crippen LogP contribution is 2.21. The molecule has 1 aliphatic heterocycles. The average Bonchev–Trinajstić information content (AvgIpc) is 3.03. The molecule has 1 N–H and O–H groups in total. The Hall–Kier alpha value is -2.18. The Morgan fingerprint density at radius 3 is 2.77 bits per heavy atom. The van der Waals surface area contributed by atoms with Crippen LogP contribution in [0, 0.1) is 18.6 Å². The molecule has 2 unspecified atom stereocenters. The van der Waals surface area contributed by atoms with Crippen LogP contribution in [0.5, 0.6) is 11.5 Å². The maximum Gasteiger partial charge on any atom is 0.162 e. The van der Waals surface area contributed by atoms with E-state index in [9.17, 15) is 13.9 Å². The number of aryl methyl sites for hydroxylation is 1. The fourth-order valence-electron chi connectivity index (χ4n) is 3.05. The second-order valence-electron chi connectivity index (χ2n) is 6.65. The Labute approximate surface area is 152 Å². The third-order valence-electron chi connectivity index (χ3n) is 4.32. The van der Waals surface area contributed by atoms with Gasteiger partial charge < -0.3 is 14.6 Å². The van der Waals surface area contributed by atoms with Gasteiger partial charge in [0.25, 0.3) is 0 Å². The van der Waals surface area contributed by atoms with Gasteiger partial charge >= 0.3 is 0 Å². The Bertz CT molecular complexity index is 741. The highest BCUT2D eigenvalue weighted by atomic mass is 19.2. The molecule has 0 aliphatic carbocycles. The van der Waals surface area contributed by atoms with E-state index in [1.165, 1.54) is 6.07 Å². The number of β-amino-alcohol motifs (C(OH)–C–C–N with tert-alkyl or cyclic N) is 1. The highest BCUT2D eigenvalue weighted by Gasteiger charge is 2.26. The predicted octanol–water partition coefficient (Wildman–Crippen LogP) is 3.17. The van der Waals surface area contributed by atoms with Crippen LogP contribution in [0.2, 0.25) is 0 Å². The third kappa shape index (κ3) is 5.16. The summed E-state index contributed by atoms with van der Waals surface area (Å²) in [6.07, 6.45) is 0.0482. The van der Waals surface area contributed by atoms with Crippen LogP contribution in [-0.2, 0) is 0 Å². The Morgan fingerprint density at radius 2 is 2.00 bits per heavy atom. The van der Waals surface area contributed by atoms with E-state index >= 15 is 0 Å². The van der Waals surface area contributed by atoms with Crippen molar-refractivity contribution in [2.24, 2.45) is 0 Å². The molecular weight excluding hydrogens is 340 g/mol. The number of halogens is 2. The van der Waals surface area contributed by atoms with Crippen molar-refractivity contribution in [2.45, 2.75) is 25.6 Å². The summed E-state index contributed by atoms with van der Waals surface area (Å²) in [5, 5.41) is 10.2. The number of rotatable bonds is 7. The van der Waals surface area contributed by atoms with E-state index in [0.29, 0.717) is 18.8 Å². The van der Waals surface area contributed by atoms with Crippen LogP contribution in [0.4, 0.5) is 8.78 Å². The minimum Gasteiger partial charge on any atom is -0.491 e. The molecular formula is C20H23F2NO3. The van der Waals surface area contributed by atoms with E-state index in [0.717, 1.165) is 36.4 Å². The zero-order chi connectivity index (χ0) is 18.5. The summed E-state index contributed by atoms with van der Waals surface area (Å²) in [5.74, 6) is -0.743. The maximum atomic E-state index is 13.2. The highest BCUT2D eigenvalue weighted by molar-refractivity contribution is 5.27. The third-order valence-corrected chi connectivity index (χ3v) is 4.32. The minimum absolute atomic E-state index is 0.107. The first-order valence-electron chi connectivity index (χ1n) is 8.71. The van der Waals surface area contributed by atoms with E-state index in [1.54, 1.807) is 0 Å². The number of hydrogen-bond donors (Lipinski definition) is 1. The summed E-state index contributed by atoms with van der Waals surface area (Å²) in [4.78, 5) is 2.08. The number of aliphatic hydroxyl groups excluding tert-OH is 1. The summed E-state index contributed by atoms with van der Waals surface area (Å²) in [7, 11) is 0. The molecule has 0 bridgehead atoms. The van der Waals surface area contributed by atoms with Crippen molar-refractivity contribution in [3.8, 4) is 11.5 Å². The van der Waals surface area contributed by atoms with Gasteiger partial charge in [-0.25, -0.2) is 8.78 Å². The summed E-state index contributed by atoms with van der Waals surface area (Å²) in [5.41, 5.74) is 1.11. The van der Waals surface area contributed by atoms with Gasteiger partial charge in [-0.1, -0.05) is 12.1 Å². The second kappa shape index (κ2) is 8.47. The molecule has 0 spiro atoms. The number of benzene rings is 2. The molecule has 2 atom stereocenters. The summed E-state index contributed by atoms with van der Waals surface area (Å²) in [6.45, 7) is 4.08. The van der Waals surface area contributed by atoms with E-state index in [-0.39, 0.29) is 12.7 Å². The zero-order valence-electron chi connectivity index (χ0n) is 14.7. The lowest BCUT2D eigenvalue weighted by Gasteiger charge is -2.20. The Morgan fingerprint density at radius 1 is 1.15 bits per heavy atom. The lowest BCUT2D eigenvalue weighted by Crippen LogP contribution is -2.35. The van der Waals surface area contributed by atoms with Crippen molar-refractivity contribution >= 4 is 0 Å². The van der Waals surface area contributed by atoms with E-state index < -0.39 is 17.7 Å². The van der Waals surface area contributed by atoms with Crippen molar-refractivity contribution in [1.29, 1.82) is 0 Å². The molecule has 2 aromatic carbocycles. The molecule has 0 aromatic heterocycles. The topological polar surface area (TPSA) is 41.9 Å². The molecule has 1 aliphatic rings. The van der Waals surface area contributed by atoms with Gasteiger partial charge in [0.05, 0.1) is 0 Å². The zero-order valence-corrected chi connectivity index (χ0v) is 14.7. The molecule has 0 radical (unpaired) electrons. The number of aliphatic hydroxyl groups is 1. The van der Waals surface area contributed by atoms with Crippen LogP contribution >= 0.6 is 0 Å². The number of nitrogens with zero attached hydrogens (tertiary/aromatic N) is 1. The van der Waals surface area contributed by atoms with Gasteiger partial charge in [-0.05, 0) is 43.2 Å². The van der Waals surface area contributed by atoms with Crippen molar-refractivity contribution in [2.75, 3.05) is 26.2 Å². The van der Waals surface area contributed by atoms with Gasteiger partial charge in [-0.2, -0.15) is 0 Å². The molecule has 1 fully saturated rings. The normalized spacial score (nSPS) is 18.7. The van der Waals surface area contributed by atoms with Crippen molar-refractivity contribution in [3.05, 3.63) is 59.7 Å². The summed E-state index contributed by atoms with van der Waals surface area (Å²) >= 11 is 0. The molecule has 0 saturated carbocycles. The van der Waals surface area contributed by atoms with E-state index in [2.05, 4.69) is 4.90 Å². The molecule has 6 heteroatoms. The molecule has 0 amide bonds. The minimum atomic E-state index is -0.916. The fourth-order valence-corrected chi connectivity index (χ4v) is 3.05. The first kappa shape index (κ1) is 18.6. The number of ether oxygens (including phenoxy) is 2. The quantitative estimate of drug-likeness (QED) is 0.821.